The molecule has 1 aliphatic rings. The average molecular weight is 497 g/mol. The van der Waals surface area contributed by atoms with Gasteiger partial charge in [0.2, 0.25) is 5.79 Å². The summed E-state index contributed by atoms with van der Waals surface area (Å²) in [6.45, 7) is 15.5. The molecule has 1 heterocycles. The molecule has 1 fully saturated rings. The fraction of sp³-hybridized carbons (Fsp3) is 0.731. The van der Waals surface area contributed by atoms with Gasteiger partial charge in [-0.1, -0.05) is 65.0 Å². The van der Waals surface area contributed by atoms with Gasteiger partial charge in [0.25, 0.3) is 0 Å². The van der Waals surface area contributed by atoms with Crippen molar-refractivity contribution in [1.82, 2.24) is 0 Å². The number of carbonyl (C=O) groups excluding carboxylic acids is 1. The van der Waals surface area contributed by atoms with Crippen LogP contribution < -0.4 is 0 Å². The van der Waals surface area contributed by atoms with Crippen LogP contribution in [-0.2, 0) is 34.8 Å². The minimum absolute atomic E-state index is 0.0322. The molecule has 0 radical (unpaired) electrons. The van der Waals surface area contributed by atoms with Gasteiger partial charge in [0.05, 0.1) is 18.8 Å². The van der Waals surface area contributed by atoms with Gasteiger partial charge in [-0.15, -0.1) is 0 Å². The van der Waals surface area contributed by atoms with Gasteiger partial charge in [0.1, 0.15) is 19.1 Å². The highest BCUT2D eigenvalue weighted by Crippen LogP contribution is 2.44. The second kappa shape index (κ2) is 11.6. The number of rotatable bonds is 10. The number of hydrogen-bond donors (Lipinski definition) is 1. The van der Waals surface area contributed by atoms with Crippen molar-refractivity contribution in [1.29, 1.82) is 0 Å². The number of benzene rings is 1. The van der Waals surface area contributed by atoms with E-state index in [4.69, 9.17) is 23.4 Å². The first kappa shape index (κ1) is 28.9. The molecule has 0 unspecified atom stereocenters. The summed E-state index contributed by atoms with van der Waals surface area (Å²) in [4.78, 5) is 12.8. The predicted octanol–water partition coefficient (Wildman–Crippen LogP) is 4.53. The molecule has 0 aliphatic carbocycles. The Bertz CT molecular complexity index is 779. The van der Waals surface area contributed by atoms with Gasteiger partial charge in [-0.25, -0.2) is 0 Å². The fourth-order valence-corrected chi connectivity index (χ4v) is 5.64. The zero-order chi connectivity index (χ0) is 25.7. The van der Waals surface area contributed by atoms with Crippen molar-refractivity contribution < 1.29 is 33.3 Å². The summed E-state index contributed by atoms with van der Waals surface area (Å²) in [5, 5.41) is 11.7. The fourth-order valence-electron chi connectivity index (χ4n) is 4.26. The van der Waals surface area contributed by atoms with Crippen molar-refractivity contribution in [2.75, 3.05) is 20.8 Å². The number of ether oxygens (including phenoxy) is 4. The molecule has 8 heteroatoms. The summed E-state index contributed by atoms with van der Waals surface area (Å²) < 4.78 is 29.7. The van der Waals surface area contributed by atoms with Gasteiger partial charge in [0, 0.05) is 26.1 Å². The molecule has 0 bridgehead atoms. The molecule has 1 saturated heterocycles. The van der Waals surface area contributed by atoms with Crippen LogP contribution in [0, 0.1) is 11.8 Å². The maximum Gasteiger partial charge on any atom is 0.311 e. The van der Waals surface area contributed by atoms with Gasteiger partial charge in [-0.2, -0.15) is 0 Å². The number of esters is 1. The topological polar surface area (TPSA) is 83.5 Å². The molecule has 194 valence electrons. The number of carbonyl (C=O) groups is 1. The molecule has 34 heavy (non-hydrogen) atoms. The number of hydrogen-bond acceptors (Lipinski definition) is 7. The maximum atomic E-state index is 12.8. The van der Waals surface area contributed by atoms with Gasteiger partial charge >= 0.3 is 5.97 Å². The minimum atomic E-state index is -2.23. The second-order valence-electron chi connectivity index (χ2n) is 11.0. The Labute approximate surface area is 206 Å². The molecule has 6 atom stereocenters. The van der Waals surface area contributed by atoms with E-state index >= 15 is 0 Å². The molecule has 0 aromatic heterocycles. The van der Waals surface area contributed by atoms with Crippen LogP contribution in [-0.4, -0.2) is 64.3 Å². The average Bonchev–Trinajstić information content (AvgIpc) is 2.74. The third-order valence-electron chi connectivity index (χ3n) is 7.24. The maximum absolute atomic E-state index is 12.8. The lowest BCUT2D eigenvalue weighted by molar-refractivity contribution is -0.346. The van der Waals surface area contributed by atoms with Crippen LogP contribution in [0.5, 0.6) is 0 Å². The third-order valence-corrected chi connectivity index (χ3v) is 11.7. The largest absolute Gasteiger partial charge is 0.461 e. The Kier molecular flexibility index (Phi) is 9.90. The van der Waals surface area contributed by atoms with Crippen molar-refractivity contribution in [2.24, 2.45) is 11.8 Å². The van der Waals surface area contributed by atoms with Crippen LogP contribution in [0.4, 0.5) is 0 Å². The molecule has 0 spiro atoms. The van der Waals surface area contributed by atoms with Crippen LogP contribution in [0.1, 0.15) is 46.6 Å². The van der Waals surface area contributed by atoms with Gasteiger partial charge in [0.15, 0.2) is 8.32 Å². The summed E-state index contributed by atoms with van der Waals surface area (Å²) in [6.07, 6.45) is -2.07. The molecule has 0 amide bonds. The van der Waals surface area contributed by atoms with E-state index in [-0.39, 0.29) is 29.9 Å². The summed E-state index contributed by atoms with van der Waals surface area (Å²) in [7, 11) is 0.923. The highest BCUT2D eigenvalue weighted by molar-refractivity contribution is 6.74. The lowest BCUT2D eigenvalue weighted by Crippen LogP contribution is -2.66. The molecule has 1 N–H and O–H groups in total. The Hall–Kier alpha value is -1.29. The van der Waals surface area contributed by atoms with E-state index in [1.165, 1.54) is 7.11 Å². The molecular formula is C26H44O7Si. The predicted molar refractivity (Wildman–Crippen MR) is 134 cm³/mol. The van der Waals surface area contributed by atoms with E-state index in [1.54, 1.807) is 7.11 Å². The Morgan fingerprint density at radius 1 is 1.21 bits per heavy atom. The van der Waals surface area contributed by atoms with E-state index < -0.39 is 38.4 Å². The Morgan fingerprint density at radius 2 is 1.82 bits per heavy atom. The van der Waals surface area contributed by atoms with Crippen LogP contribution in [0.2, 0.25) is 18.1 Å². The first-order valence-electron chi connectivity index (χ1n) is 12.0. The first-order chi connectivity index (χ1) is 15.8. The van der Waals surface area contributed by atoms with Crippen molar-refractivity contribution in [3.63, 3.8) is 0 Å². The smallest absolute Gasteiger partial charge is 0.311 e. The molecule has 0 saturated carbocycles. The zero-order valence-electron chi connectivity index (χ0n) is 22.3. The lowest BCUT2D eigenvalue weighted by Gasteiger charge is -2.53. The van der Waals surface area contributed by atoms with E-state index in [0.29, 0.717) is 6.61 Å². The highest BCUT2D eigenvalue weighted by atomic mass is 28.4. The lowest BCUT2D eigenvalue weighted by atomic mass is 9.80. The number of methoxy groups -OCH3 is 2. The molecule has 1 aromatic rings. The van der Waals surface area contributed by atoms with Crippen molar-refractivity contribution in [2.45, 2.75) is 89.9 Å². The molecule has 7 nitrogen and oxygen atoms in total. The number of aliphatic hydroxyl groups is 1. The van der Waals surface area contributed by atoms with Crippen molar-refractivity contribution >= 4 is 14.3 Å². The van der Waals surface area contributed by atoms with E-state index in [1.807, 2.05) is 44.2 Å². The van der Waals surface area contributed by atoms with Crippen LogP contribution >= 0.6 is 0 Å². The monoisotopic (exact) mass is 496 g/mol. The van der Waals surface area contributed by atoms with Crippen LogP contribution in [0.15, 0.2) is 30.3 Å². The standard InChI is InChI=1S/C26H44O7Si/c1-18(16-29-6)22-19(2)23(33-34(8,9)25(3,4)5)24(30-7)26(28,32-22)15-21(27)31-17-20-13-11-10-12-14-20/h10-14,18-19,22-24,28H,15-17H2,1-9H3/t18-,19+,22-,23-,24+,26-/m0/s1. The molecule has 1 aliphatic heterocycles. The summed E-state index contributed by atoms with van der Waals surface area (Å²) in [6, 6.07) is 9.43. The van der Waals surface area contributed by atoms with E-state index in [2.05, 4.69) is 33.9 Å². The van der Waals surface area contributed by atoms with Crippen molar-refractivity contribution in [3.8, 4) is 0 Å². The Morgan fingerprint density at radius 3 is 2.35 bits per heavy atom. The second-order valence-corrected chi connectivity index (χ2v) is 15.8. The third kappa shape index (κ3) is 6.89. The minimum Gasteiger partial charge on any atom is -0.461 e. The first-order valence-corrected chi connectivity index (χ1v) is 15.0. The normalized spacial score (nSPS) is 29.0. The van der Waals surface area contributed by atoms with Gasteiger partial charge in [-0.05, 0) is 23.7 Å². The summed E-state index contributed by atoms with van der Waals surface area (Å²) in [5.41, 5.74) is 0.870. The van der Waals surface area contributed by atoms with E-state index in [9.17, 15) is 9.90 Å². The zero-order valence-corrected chi connectivity index (χ0v) is 23.3. The molecule has 1 aromatic carbocycles. The Balaban J connectivity index is 2.32. The van der Waals surface area contributed by atoms with E-state index in [0.717, 1.165) is 5.56 Å². The van der Waals surface area contributed by atoms with Crippen LogP contribution in [0.25, 0.3) is 0 Å². The quantitative estimate of drug-likeness (QED) is 0.376. The van der Waals surface area contributed by atoms with Gasteiger partial charge < -0.3 is 28.5 Å². The summed E-state index contributed by atoms with van der Waals surface area (Å²) >= 11 is 0. The van der Waals surface area contributed by atoms with Crippen LogP contribution in [0.3, 0.4) is 0 Å². The SMILES string of the molecule is COC[C@H](C)[C@@H]1O[C@@](O)(CC(=O)OCc2ccccc2)[C@H](OC)[C@@H](O[Si](C)(C)C(C)(C)C)[C@@H]1C. The molecular weight excluding hydrogens is 452 g/mol. The summed E-state index contributed by atoms with van der Waals surface area (Å²) in [5.74, 6) is -2.58. The molecule has 2 rings (SSSR count). The van der Waals surface area contributed by atoms with Gasteiger partial charge in [-0.3, -0.25) is 4.79 Å². The van der Waals surface area contributed by atoms with Crippen molar-refractivity contribution in [3.05, 3.63) is 35.9 Å². The highest BCUT2D eigenvalue weighted by Gasteiger charge is 2.57.